The molecule has 0 saturated carbocycles. The molecule has 2 heteroatoms. The quantitative estimate of drug-likeness (QED) is 0.602. The molecule has 11 heavy (non-hydrogen) atoms. The van der Waals surface area contributed by atoms with E-state index in [4.69, 9.17) is 4.74 Å². The van der Waals surface area contributed by atoms with Gasteiger partial charge in [-0.2, -0.15) is 0 Å². The van der Waals surface area contributed by atoms with Crippen LogP contribution in [0, 0.1) is 0 Å². The second-order valence-electron chi connectivity index (χ2n) is 3.42. The summed E-state index contributed by atoms with van der Waals surface area (Å²) in [4.78, 5) is 2.53. The van der Waals surface area contributed by atoms with E-state index in [0.717, 1.165) is 19.8 Å². The molecular weight excluding hydrogens is 138 g/mol. The summed E-state index contributed by atoms with van der Waals surface area (Å²) in [5.74, 6) is 0. The molecule has 0 N–H and O–H groups in total. The third kappa shape index (κ3) is 2.17. The highest BCUT2D eigenvalue weighted by Crippen LogP contribution is 2.12. The summed E-state index contributed by atoms with van der Waals surface area (Å²) in [7, 11) is 0. The number of morpholine rings is 1. The second-order valence-corrected chi connectivity index (χ2v) is 3.42. The van der Waals surface area contributed by atoms with E-state index in [-0.39, 0.29) is 0 Å². The molecule has 0 aromatic heterocycles. The van der Waals surface area contributed by atoms with Crippen molar-refractivity contribution < 1.29 is 4.74 Å². The van der Waals surface area contributed by atoms with Gasteiger partial charge in [0.2, 0.25) is 0 Å². The van der Waals surface area contributed by atoms with Crippen LogP contribution in [0.15, 0.2) is 0 Å². The first kappa shape index (κ1) is 9.01. The van der Waals surface area contributed by atoms with Crippen LogP contribution in [0.2, 0.25) is 0 Å². The van der Waals surface area contributed by atoms with Gasteiger partial charge in [-0.05, 0) is 20.3 Å². The van der Waals surface area contributed by atoms with Crippen molar-refractivity contribution in [1.29, 1.82) is 0 Å². The van der Waals surface area contributed by atoms with Crippen molar-refractivity contribution in [3.8, 4) is 0 Å². The Bertz CT molecular complexity index is 112. The lowest BCUT2D eigenvalue weighted by Gasteiger charge is -2.37. The highest BCUT2D eigenvalue weighted by Gasteiger charge is 2.21. The highest BCUT2D eigenvalue weighted by molar-refractivity contribution is 4.75. The molecule has 1 heterocycles. The van der Waals surface area contributed by atoms with Gasteiger partial charge < -0.3 is 4.74 Å². The van der Waals surface area contributed by atoms with Gasteiger partial charge >= 0.3 is 0 Å². The Morgan fingerprint density at radius 1 is 1.64 bits per heavy atom. The van der Waals surface area contributed by atoms with Crippen molar-refractivity contribution >= 4 is 0 Å². The van der Waals surface area contributed by atoms with E-state index >= 15 is 0 Å². The number of ether oxygens (including phenoxy) is 1. The minimum Gasteiger partial charge on any atom is -0.379 e. The zero-order chi connectivity index (χ0) is 8.27. The fourth-order valence-electron chi connectivity index (χ4n) is 1.63. The summed E-state index contributed by atoms with van der Waals surface area (Å²) in [5, 5.41) is 0. The molecule has 0 amide bonds. The molecule has 1 unspecified atom stereocenters. The molecule has 2 nitrogen and oxygen atoms in total. The van der Waals surface area contributed by atoms with E-state index in [9.17, 15) is 0 Å². The third-order valence-electron chi connectivity index (χ3n) is 2.58. The van der Waals surface area contributed by atoms with Crippen LogP contribution >= 0.6 is 0 Å². The molecule has 1 fully saturated rings. The lowest BCUT2D eigenvalue weighted by molar-refractivity contribution is -0.0190. The number of nitrogens with zero attached hydrogens (tertiary/aromatic N) is 1. The van der Waals surface area contributed by atoms with Gasteiger partial charge in [0.15, 0.2) is 0 Å². The molecule has 1 saturated heterocycles. The first-order chi connectivity index (χ1) is 5.25. The number of rotatable bonds is 2. The topological polar surface area (TPSA) is 12.5 Å². The average Bonchev–Trinajstić information content (AvgIpc) is 2.04. The molecule has 1 rings (SSSR count). The Labute approximate surface area is 69.5 Å². The third-order valence-corrected chi connectivity index (χ3v) is 2.58. The summed E-state index contributed by atoms with van der Waals surface area (Å²) in [6.45, 7) is 9.70. The summed E-state index contributed by atoms with van der Waals surface area (Å²) in [5.41, 5.74) is 0. The second kappa shape index (κ2) is 4.07. The lowest BCUT2D eigenvalue weighted by Crippen LogP contribution is -2.48. The van der Waals surface area contributed by atoms with Crippen LogP contribution in [0.4, 0.5) is 0 Å². The van der Waals surface area contributed by atoms with Crippen LogP contribution < -0.4 is 0 Å². The molecule has 1 aliphatic heterocycles. The van der Waals surface area contributed by atoms with Gasteiger partial charge in [-0.1, -0.05) is 6.92 Å². The largest absolute Gasteiger partial charge is 0.379 e. The first-order valence-corrected chi connectivity index (χ1v) is 4.59. The van der Waals surface area contributed by atoms with Crippen LogP contribution in [0.1, 0.15) is 27.2 Å². The van der Waals surface area contributed by atoms with Crippen LogP contribution in [-0.4, -0.2) is 36.7 Å². The van der Waals surface area contributed by atoms with Crippen LogP contribution in [0.5, 0.6) is 0 Å². The van der Waals surface area contributed by atoms with Crippen molar-refractivity contribution in [2.45, 2.75) is 39.3 Å². The van der Waals surface area contributed by atoms with Crippen LogP contribution in [0.3, 0.4) is 0 Å². The zero-order valence-corrected chi connectivity index (χ0v) is 7.84. The van der Waals surface area contributed by atoms with E-state index in [0.29, 0.717) is 12.1 Å². The van der Waals surface area contributed by atoms with Gasteiger partial charge in [0.05, 0.1) is 13.2 Å². The molecule has 1 aliphatic rings. The minimum absolute atomic E-state index is 0.610. The Kier molecular flexibility index (Phi) is 3.34. The predicted octanol–water partition coefficient (Wildman–Crippen LogP) is 1.51. The SMILES string of the molecule is CCC(C)N1CCOC[C@@H]1C. The van der Waals surface area contributed by atoms with Crippen LogP contribution in [-0.2, 0) is 4.74 Å². The van der Waals surface area contributed by atoms with Gasteiger partial charge in [-0.3, -0.25) is 4.90 Å². The Hall–Kier alpha value is -0.0800. The fraction of sp³-hybridized carbons (Fsp3) is 1.00. The maximum atomic E-state index is 5.36. The molecule has 0 spiro atoms. The Morgan fingerprint density at radius 3 is 2.91 bits per heavy atom. The van der Waals surface area contributed by atoms with Crippen molar-refractivity contribution in [2.75, 3.05) is 19.8 Å². The van der Waals surface area contributed by atoms with E-state index < -0.39 is 0 Å². The zero-order valence-electron chi connectivity index (χ0n) is 7.84. The fourth-order valence-corrected chi connectivity index (χ4v) is 1.63. The molecule has 0 bridgehead atoms. The molecule has 0 aliphatic carbocycles. The van der Waals surface area contributed by atoms with Gasteiger partial charge in [0.1, 0.15) is 0 Å². The Morgan fingerprint density at radius 2 is 2.36 bits per heavy atom. The molecule has 2 atom stereocenters. The predicted molar refractivity (Wildman–Crippen MR) is 46.7 cm³/mol. The maximum absolute atomic E-state index is 5.36. The first-order valence-electron chi connectivity index (χ1n) is 4.59. The van der Waals surface area contributed by atoms with E-state index in [1.54, 1.807) is 0 Å². The monoisotopic (exact) mass is 157 g/mol. The highest BCUT2D eigenvalue weighted by atomic mass is 16.5. The van der Waals surface area contributed by atoms with Crippen LogP contribution in [0.25, 0.3) is 0 Å². The maximum Gasteiger partial charge on any atom is 0.0619 e. The number of hydrogen-bond donors (Lipinski definition) is 0. The summed E-state index contributed by atoms with van der Waals surface area (Å²) in [6.07, 6.45) is 1.24. The Balaban J connectivity index is 2.40. The molecule has 0 aromatic carbocycles. The molecule has 66 valence electrons. The summed E-state index contributed by atoms with van der Waals surface area (Å²) < 4.78 is 5.36. The van der Waals surface area contributed by atoms with E-state index in [1.165, 1.54) is 6.42 Å². The van der Waals surface area contributed by atoms with Gasteiger partial charge in [0, 0.05) is 18.6 Å². The summed E-state index contributed by atoms with van der Waals surface area (Å²) >= 11 is 0. The van der Waals surface area contributed by atoms with E-state index in [1.807, 2.05) is 0 Å². The normalized spacial score (nSPS) is 30.3. The molecular formula is C9H19NO. The standard InChI is InChI=1S/C9H19NO/c1-4-8(2)10-5-6-11-7-9(10)3/h8-9H,4-7H2,1-3H3/t8?,9-/m0/s1. The van der Waals surface area contributed by atoms with Gasteiger partial charge in [0.25, 0.3) is 0 Å². The van der Waals surface area contributed by atoms with Crippen molar-refractivity contribution in [3.63, 3.8) is 0 Å². The van der Waals surface area contributed by atoms with Gasteiger partial charge in [-0.15, -0.1) is 0 Å². The summed E-state index contributed by atoms with van der Waals surface area (Å²) in [6, 6.07) is 1.33. The minimum atomic E-state index is 0.610. The van der Waals surface area contributed by atoms with Crippen molar-refractivity contribution in [1.82, 2.24) is 4.90 Å². The number of hydrogen-bond acceptors (Lipinski definition) is 2. The van der Waals surface area contributed by atoms with Gasteiger partial charge in [-0.25, -0.2) is 0 Å². The molecule has 0 aromatic rings. The van der Waals surface area contributed by atoms with Crippen molar-refractivity contribution in [2.24, 2.45) is 0 Å². The molecule has 0 radical (unpaired) electrons. The average molecular weight is 157 g/mol. The smallest absolute Gasteiger partial charge is 0.0619 e. The van der Waals surface area contributed by atoms with E-state index in [2.05, 4.69) is 25.7 Å². The lowest BCUT2D eigenvalue weighted by atomic mass is 10.1. The van der Waals surface area contributed by atoms with Crippen molar-refractivity contribution in [3.05, 3.63) is 0 Å².